The van der Waals surface area contributed by atoms with Gasteiger partial charge in [0.2, 0.25) is 5.91 Å². The van der Waals surface area contributed by atoms with Crippen molar-refractivity contribution in [2.45, 2.75) is 52.5 Å². The SMILES string of the molecule is CCCC(C)(CC)CCNC(=O)[C@@H](N)CS. The number of hydrogen-bond donors (Lipinski definition) is 3. The van der Waals surface area contributed by atoms with Crippen LogP contribution in [0.25, 0.3) is 0 Å². The Labute approximate surface area is 105 Å². The molecule has 0 saturated heterocycles. The van der Waals surface area contributed by atoms with Gasteiger partial charge in [-0.1, -0.05) is 33.6 Å². The number of hydrogen-bond acceptors (Lipinski definition) is 3. The lowest BCUT2D eigenvalue weighted by Crippen LogP contribution is -2.42. The molecule has 0 bridgehead atoms. The molecule has 1 amide bonds. The summed E-state index contributed by atoms with van der Waals surface area (Å²) >= 11 is 4.00. The molecule has 0 radical (unpaired) electrons. The molecule has 0 heterocycles. The maximum absolute atomic E-state index is 11.4. The molecule has 1 unspecified atom stereocenters. The van der Waals surface area contributed by atoms with Gasteiger partial charge in [0.15, 0.2) is 0 Å². The summed E-state index contributed by atoms with van der Waals surface area (Å²) in [5, 5.41) is 2.87. The lowest BCUT2D eigenvalue weighted by atomic mass is 9.80. The molecule has 0 aromatic heterocycles. The van der Waals surface area contributed by atoms with Gasteiger partial charge in [-0.15, -0.1) is 0 Å². The van der Waals surface area contributed by atoms with Crippen LogP contribution in [0.15, 0.2) is 0 Å². The van der Waals surface area contributed by atoms with Crippen molar-refractivity contribution in [3.8, 4) is 0 Å². The molecular weight excluding hydrogens is 220 g/mol. The molecule has 0 saturated carbocycles. The van der Waals surface area contributed by atoms with E-state index in [0.717, 1.165) is 12.8 Å². The first kappa shape index (κ1) is 15.8. The summed E-state index contributed by atoms with van der Waals surface area (Å²) in [6.45, 7) is 7.39. The van der Waals surface area contributed by atoms with Crippen LogP contribution in [-0.4, -0.2) is 24.2 Å². The van der Waals surface area contributed by atoms with Crippen LogP contribution in [0.5, 0.6) is 0 Å². The van der Waals surface area contributed by atoms with Crippen molar-refractivity contribution in [3.05, 3.63) is 0 Å². The van der Waals surface area contributed by atoms with Crippen LogP contribution in [-0.2, 0) is 4.79 Å². The summed E-state index contributed by atoms with van der Waals surface area (Å²) < 4.78 is 0. The molecular formula is C12H26N2OS. The van der Waals surface area contributed by atoms with E-state index in [2.05, 4.69) is 38.7 Å². The number of thiol groups is 1. The van der Waals surface area contributed by atoms with E-state index in [1.54, 1.807) is 0 Å². The zero-order chi connectivity index (χ0) is 12.6. The predicted octanol–water partition coefficient (Wildman–Crippen LogP) is 1.97. The van der Waals surface area contributed by atoms with Gasteiger partial charge >= 0.3 is 0 Å². The van der Waals surface area contributed by atoms with Crippen LogP contribution in [0.1, 0.15) is 46.5 Å². The second-order valence-corrected chi connectivity index (χ2v) is 5.11. The highest BCUT2D eigenvalue weighted by atomic mass is 32.1. The predicted molar refractivity (Wildman–Crippen MR) is 72.8 cm³/mol. The molecule has 0 aliphatic heterocycles. The maximum Gasteiger partial charge on any atom is 0.237 e. The number of rotatable bonds is 8. The largest absolute Gasteiger partial charge is 0.355 e. The fourth-order valence-electron chi connectivity index (χ4n) is 1.78. The van der Waals surface area contributed by atoms with E-state index in [1.165, 1.54) is 12.8 Å². The van der Waals surface area contributed by atoms with Crippen molar-refractivity contribution < 1.29 is 4.79 Å². The lowest BCUT2D eigenvalue weighted by molar-refractivity contribution is -0.121. The first-order valence-electron chi connectivity index (χ1n) is 6.13. The monoisotopic (exact) mass is 246 g/mol. The van der Waals surface area contributed by atoms with E-state index in [4.69, 9.17) is 5.73 Å². The molecule has 0 aliphatic rings. The molecule has 0 spiro atoms. The van der Waals surface area contributed by atoms with Gasteiger partial charge in [0.05, 0.1) is 6.04 Å². The summed E-state index contributed by atoms with van der Waals surface area (Å²) in [4.78, 5) is 11.4. The average molecular weight is 246 g/mol. The highest BCUT2D eigenvalue weighted by Crippen LogP contribution is 2.30. The summed E-state index contributed by atoms with van der Waals surface area (Å²) in [6.07, 6.45) is 4.56. The van der Waals surface area contributed by atoms with Crippen molar-refractivity contribution in [1.82, 2.24) is 5.32 Å². The number of amides is 1. The van der Waals surface area contributed by atoms with Gasteiger partial charge in [0, 0.05) is 12.3 Å². The van der Waals surface area contributed by atoms with Gasteiger partial charge < -0.3 is 11.1 Å². The fourth-order valence-corrected chi connectivity index (χ4v) is 1.95. The van der Waals surface area contributed by atoms with Crippen LogP contribution in [0.2, 0.25) is 0 Å². The third kappa shape index (κ3) is 5.75. The van der Waals surface area contributed by atoms with Crippen molar-refractivity contribution in [2.24, 2.45) is 11.1 Å². The molecule has 96 valence electrons. The molecule has 0 aliphatic carbocycles. The van der Waals surface area contributed by atoms with Crippen molar-refractivity contribution in [1.29, 1.82) is 0 Å². The van der Waals surface area contributed by atoms with E-state index < -0.39 is 6.04 Å². The smallest absolute Gasteiger partial charge is 0.237 e. The second-order valence-electron chi connectivity index (χ2n) is 4.74. The Morgan fingerprint density at radius 3 is 2.50 bits per heavy atom. The Hall–Kier alpha value is -0.220. The second kappa shape index (κ2) is 7.96. The molecule has 4 heteroatoms. The molecule has 0 aromatic carbocycles. The van der Waals surface area contributed by atoms with Crippen LogP contribution in [0, 0.1) is 5.41 Å². The van der Waals surface area contributed by atoms with Gasteiger partial charge in [0.25, 0.3) is 0 Å². The number of carbonyl (C=O) groups excluding carboxylic acids is 1. The van der Waals surface area contributed by atoms with Gasteiger partial charge in [-0.3, -0.25) is 4.79 Å². The van der Waals surface area contributed by atoms with Gasteiger partial charge in [0.1, 0.15) is 0 Å². The first-order chi connectivity index (χ1) is 7.49. The Kier molecular flexibility index (Phi) is 7.85. The number of carbonyl (C=O) groups is 1. The minimum atomic E-state index is -0.484. The highest BCUT2D eigenvalue weighted by molar-refractivity contribution is 7.80. The van der Waals surface area contributed by atoms with Crippen molar-refractivity contribution in [2.75, 3.05) is 12.3 Å². The Balaban J connectivity index is 3.91. The van der Waals surface area contributed by atoms with Gasteiger partial charge in [-0.25, -0.2) is 0 Å². The third-order valence-electron chi connectivity index (χ3n) is 3.27. The zero-order valence-electron chi connectivity index (χ0n) is 10.8. The zero-order valence-corrected chi connectivity index (χ0v) is 11.6. The molecule has 3 N–H and O–H groups in total. The Morgan fingerprint density at radius 2 is 2.06 bits per heavy atom. The summed E-state index contributed by atoms with van der Waals surface area (Å²) in [5.74, 6) is 0.302. The molecule has 0 rings (SSSR count). The van der Waals surface area contributed by atoms with Crippen LogP contribution in [0.3, 0.4) is 0 Å². The quantitative estimate of drug-likeness (QED) is 0.574. The van der Waals surface area contributed by atoms with Crippen molar-refractivity contribution >= 4 is 18.5 Å². The molecule has 3 nitrogen and oxygen atoms in total. The summed E-state index contributed by atoms with van der Waals surface area (Å²) in [6, 6.07) is -0.484. The van der Waals surface area contributed by atoms with Crippen molar-refractivity contribution in [3.63, 3.8) is 0 Å². The summed E-state index contributed by atoms with van der Waals surface area (Å²) in [5.41, 5.74) is 5.91. The lowest BCUT2D eigenvalue weighted by Gasteiger charge is -2.28. The highest BCUT2D eigenvalue weighted by Gasteiger charge is 2.21. The Morgan fingerprint density at radius 1 is 1.44 bits per heavy atom. The topological polar surface area (TPSA) is 55.1 Å². The third-order valence-corrected chi connectivity index (χ3v) is 3.66. The number of nitrogens with one attached hydrogen (secondary N) is 1. The Bertz CT molecular complexity index is 211. The minimum Gasteiger partial charge on any atom is -0.355 e. The van der Waals surface area contributed by atoms with E-state index in [9.17, 15) is 4.79 Å². The molecule has 0 fully saturated rings. The van der Waals surface area contributed by atoms with Crippen LogP contribution < -0.4 is 11.1 Å². The van der Waals surface area contributed by atoms with Gasteiger partial charge in [-0.2, -0.15) is 12.6 Å². The van der Waals surface area contributed by atoms with E-state index >= 15 is 0 Å². The molecule has 16 heavy (non-hydrogen) atoms. The minimum absolute atomic E-state index is 0.0926. The molecule has 0 aromatic rings. The summed E-state index contributed by atoms with van der Waals surface area (Å²) in [7, 11) is 0. The van der Waals surface area contributed by atoms with Crippen LogP contribution >= 0.6 is 12.6 Å². The normalized spacial score (nSPS) is 16.6. The standard InChI is InChI=1S/C12H26N2OS/c1-4-6-12(3,5-2)7-8-14-11(15)10(13)9-16/h10,16H,4-9,13H2,1-3H3,(H,14,15)/t10-,12?/m0/s1. The van der Waals surface area contributed by atoms with E-state index in [1.807, 2.05) is 0 Å². The van der Waals surface area contributed by atoms with E-state index in [0.29, 0.717) is 17.7 Å². The van der Waals surface area contributed by atoms with E-state index in [-0.39, 0.29) is 5.91 Å². The average Bonchev–Trinajstić information content (AvgIpc) is 2.28. The maximum atomic E-state index is 11.4. The first-order valence-corrected chi connectivity index (χ1v) is 6.76. The van der Waals surface area contributed by atoms with Gasteiger partial charge in [-0.05, 0) is 18.3 Å². The van der Waals surface area contributed by atoms with Crippen LogP contribution in [0.4, 0.5) is 0 Å². The molecule has 2 atom stereocenters. The number of nitrogens with two attached hydrogens (primary N) is 1. The fraction of sp³-hybridized carbons (Fsp3) is 0.917.